The normalized spacial score (nSPS) is 14.9. The van der Waals surface area contributed by atoms with E-state index in [1.54, 1.807) is 6.07 Å². The maximum absolute atomic E-state index is 13.8. The molecule has 1 aliphatic rings. The fraction of sp³-hybridized carbons (Fsp3) is 0.435. The van der Waals surface area contributed by atoms with Gasteiger partial charge in [-0.05, 0) is 36.8 Å². The van der Waals surface area contributed by atoms with E-state index in [9.17, 15) is 9.18 Å². The fourth-order valence-electron chi connectivity index (χ4n) is 3.55. The van der Waals surface area contributed by atoms with E-state index in [1.807, 2.05) is 24.3 Å². The van der Waals surface area contributed by atoms with Crippen molar-refractivity contribution >= 4 is 17.3 Å². The van der Waals surface area contributed by atoms with Crippen molar-refractivity contribution in [3.05, 3.63) is 59.9 Å². The Bertz CT molecular complexity index is 755. The van der Waals surface area contributed by atoms with Crippen molar-refractivity contribution in [1.29, 1.82) is 0 Å². The molecule has 0 saturated carbocycles. The Labute approximate surface area is 167 Å². The van der Waals surface area contributed by atoms with E-state index in [-0.39, 0.29) is 11.7 Å². The van der Waals surface area contributed by atoms with E-state index in [1.165, 1.54) is 6.07 Å². The summed E-state index contributed by atoms with van der Waals surface area (Å²) in [5, 5.41) is 2.97. The van der Waals surface area contributed by atoms with Gasteiger partial charge in [-0.3, -0.25) is 9.69 Å². The molecule has 0 aliphatic carbocycles. The summed E-state index contributed by atoms with van der Waals surface area (Å²) in [6.45, 7) is 6.43. The van der Waals surface area contributed by atoms with Gasteiger partial charge in [0, 0.05) is 56.1 Å². The summed E-state index contributed by atoms with van der Waals surface area (Å²) in [5.74, 6) is -0.0415. The Morgan fingerprint density at radius 3 is 2.39 bits per heavy atom. The lowest BCUT2D eigenvalue weighted by Gasteiger charge is -2.36. The summed E-state index contributed by atoms with van der Waals surface area (Å²) in [7, 11) is 0. The zero-order valence-electron chi connectivity index (χ0n) is 16.7. The second-order valence-corrected chi connectivity index (χ2v) is 7.41. The highest BCUT2D eigenvalue weighted by atomic mass is 19.1. The van der Waals surface area contributed by atoms with Crippen LogP contribution in [0.25, 0.3) is 0 Å². The Morgan fingerprint density at radius 1 is 1.00 bits per heavy atom. The maximum atomic E-state index is 13.8. The molecule has 4 nitrogen and oxygen atoms in total. The summed E-state index contributed by atoms with van der Waals surface area (Å²) in [4.78, 5) is 16.6. The molecule has 0 unspecified atom stereocenters. The number of hydrogen-bond acceptors (Lipinski definition) is 3. The van der Waals surface area contributed by atoms with E-state index in [0.717, 1.165) is 62.4 Å². The van der Waals surface area contributed by atoms with Gasteiger partial charge in [0.25, 0.3) is 0 Å². The van der Waals surface area contributed by atoms with E-state index in [4.69, 9.17) is 0 Å². The van der Waals surface area contributed by atoms with Crippen LogP contribution in [0.3, 0.4) is 0 Å². The molecule has 28 heavy (non-hydrogen) atoms. The quantitative estimate of drug-likeness (QED) is 0.673. The summed E-state index contributed by atoms with van der Waals surface area (Å²) in [6, 6.07) is 15.1. The molecule has 2 aromatic rings. The predicted molar refractivity (Wildman–Crippen MR) is 113 cm³/mol. The number of piperazine rings is 1. The van der Waals surface area contributed by atoms with Gasteiger partial charge in [-0.2, -0.15) is 0 Å². The molecule has 0 atom stereocenters. The standard InChI is InChI=1S/C23H30FN3O/c1-2-3-4-9-23(28)25-20-10-12-21(13-11-20)27-16-14-26(15-17-27)18-19-7-5-6-8-22(19)24/h5-8,10-13H,2-4,9,14-18H2,1H3,(H,25,28). The fourth-order valence-corrected chi connectivity index (χ4v) is 3.55. The number of nitrogens with zero attached hydrogens (tertiary/aromatic N) is 2. The van der Waals surface area contributed by atoms with Crippen LogP contribution in [0.2, 0.25) is 0 Å². The number of amides is 1. The number of nitrogens with one attached hydrogen (secondary N) is 1. The first-order chi connectivity index (χ1) is 13.7. The Balaban J connectivity index is 1.46. The van der Waals surface area contributed by atoms with Gasteiger partial charge in [-0.25, -0.2) is 4.39 Å². The first-order valence-corrected chi connectivity index (χ1v) is 10.3. The largest absolute Gasteiger partial charge is 0.369 e. The molecule has 1 fully saturated rings. The molecule has 0 aromatic heterocycles. The van der Waals surface area contributed by atoms with Crippen molar-refractivity contribution in [3.63, 3.8) is 0 Å². The summed E-state index contributed by atoms with van der Waals surface area (Å²) in [5.41, 5.74) is 2.77. The topological polar surface area (TPSA) is 35.6 Å². The smallest absolute Gasteiger partial charge is 0.224 e. The van der Waals surface area contributed by atoms with Crippen LogP contribution >= 0.6 is 0 Å². The molecule has 0 radical (unpaired) electrons. The van der Waals surface area contributed by atoms with Crippen molar-refractivity contribution in [3.8, 4) is 0 Å². The maximum Gasteiger partial charge on any atom is 0.224 e. The lowest BCUT2D eigenvalue weighted by Crippen LogP contribution is -2.46. The minimum absolute atomic E-state index is 0.0861. The number of unbranched alkanes of at least 4 members (excludes halogenated alkanes) is 2. The number of carbonyl (C=O) groups is 1. The van der Waals surface area contributed by atoms with Gasteiger partial charge in [0.15, 0.2) is 0 Å². The van der Waals surface area contributed by atoms with E-state index in [2.05, 4.69) is 34.2 Å². The Kier molecular flexibility index (Phi) is 7.43. The van der Waals surface area contributed by atoms with Crippen molar-refractivity contribution in [2.45, 2.75) is 39.2 Å². The Hall–Kier alpha value is -2.40. The predicted octanol–water partition coefficient (Wildman–Crippen LogP) is 4.67. The zero-order valence-corrected chi connectivity index (χ0v) is 16.7. The first-order valence-electron chi connectivity index (χ1n) is 10.3. The number of hydrogen-bond donors (Lipinski definition) is 1. The molecule has 3 rings (SSSR count). The molecule has 1 aliphatic heterocycles. The van der Waals surface area contributed by atoms with Gasteiger partial charge in [0.05, 0.1) is 0 Å². The van der Waals surface area contributed by atoms with Crippen molar-refractivity contribution < 1.29 is 9.18 Å². The number of anilines is 2. The molecule has 1 N–H and O–H groups in total. The van der Waals surface area contributed by atoms with Crippen LogP contribution in [0, 0.1) is 5.82 Å². The second-order valence-electron chi connectivity index (χ2n) is 7.41. The summed E-state index contributed by atoms with van der Waals surface area (Å²) >= 11 is 0. The average molecular weight is 384 g/mol. The molecule has 150 valence electrons. The molecule has 5 heteroatoms. The highest BCUT2D eigenvalue weighted by Gasteiger charge is 2.18. The lowest BCUT2D eigenvalue weighted by molar-refractivity contribution is -0.116. The minimum atomic E-state index is -0.128. The van der Waals surface area contributed by atoms with Crippen molar-refractivity contribution in [2.24, 2.45) is 0 Å². The molecule has 1 heterocycles. The Morgan fingerprint density at radius 2 is 1.71 bits per heavy atom. The van der Waals surface area contributed by atoms with Crippen LogP contribution in [0.15, 0.2) is 48.5 Å². The van der Waals surface area contributed by atoms with E-state index in [0.29, 0.717) is 13.0 Å². The van der Waals surface area contributed by atoms with E-state index >= 15 is 0 Å². The van der Waals surface area contributed by atoms with Gasteiger partial charge >= 0.3 is 0 Å². The lowest BCUT2D eigenvalue weighted by atomic mass is 10.1. The van der Waals surface area contributed by atoms with Crippen LogP contribution in [-0.4, -0.2) is 37.0 Å². The van der Waals surface area contributed by atoms with Gasteiger partial charge in [-0.15, -0.1) is 0 Å². The van der Waals surface area contributed by atoms with Crippen LogP contribution in [0.4, 0.5) is 15.8 Å². The zero-order chi connectivity index (χ0) is 19.8. The highest BCUT2D eigenvalue weighted by Crippen LogP contribution is 2.21. The third-order valence-corrected chi connectivity index (χ3v) is 5.25. The minimum Gasteiger partial charge on any atom is -0.369 e. The van der Waals surface area contributed by atoms with Gasteiger partial charge in [-0.1, -0.05) is 38.0 Å². The third kappa shape index (κ3) is 5.80. The molecular weight excluding hydrogens is 353 g/mol. The molecular formula is C23H30FN3O. The first kappa shape index (κ1) is 20.3. The molecule has 1 saturated heterocycles. The summed E-state index contributed by atoms with van der Waals surface area (Å²) in [6.07, 6.45) is 3.74. The monoisotopic (exact) mass is 383 g/mol. The third-order valence-electron chi connectivity index (χ3n) is 5.25. The van der Waals surface area contributed by atoms with Crippen LogP contribution in [0.1, 0.15) is 38.2 Å². The van der Waals surface area contributed by atoms with Gasteiger partial charge in [0.2, 0.25) is 5.91 Å². The van der Waals surface area contributed by atoms with Gasteiger partial charge in [0.1, 0.15) is 5.82 Å². The number of halogens is 1. The van der Waals surface area contributed by atoms with E-state index < -0.39 is 0 Å². The SMILES string of the molecule is CCCCCC(=O)Nc1ccc(N2CCN(Cc3ccccc3F)CC2)cc1. The average Bonchev–Trinajstić information content (AvgIpc) is 2.71. The van der Waals surface area contributed by atoms with Crippen molar-refractivity contribution in [2.75, 3.05) is 36.4 Å². The molecule has 1 amide bonds. The van der Waals surface area contributed by atoms with Gasteiger partial charge < -0.3 is 10.2 Å². The number of rotatable bonds is 8. The molecule has 2 aromatic carbocycles. The number of benzene rings is 2. The van der Waals surface area contributed by atoms with Crippen LogP contribution in [0.5, 0.6) is 0 Å². The van der Waals surface area contributed by atoms with Crippen LogP contribution < -0.4 is 10.2 Å². The second kappa shape index (κ2) is 10.2. The molecule has 0 spiro atoms. The van der Waals surface area contributed by atoms with Crippen LogP contribution in [-0.2, 0) is 11.3 Å². The molecule has 0 bridgehead atoms. The van der Waals surface area contributed by atoms with Crippen molar-refractivity contribution in [1.82, 2.24) is 4.90 Å². The summed E-state index contributed by atoms with van der Waals surface area (Å²) < 4.78 is 13.8. The highest BCUT2D eigenvalue weighted by molar-refractivity contribution is 5.90. The number of carbonyl (C=O) groups excluding carboxylic acids is 1.